The molecule has 0 atom stereocenters. The zero-order valence-corrected chi connectivity index (χ0v) is 12.8. The Morgan fingerprint density at radius 3 is 2.33 bits per heavy atom. The van der Waals surface area contributed by atoms with E-state index in [9.17, 15) is 31.9 Å². The summed E-state index contributed by atoms with van der Waals surface area (Å²) in [6, 6.07) is 2.91. The molecule has 8 heteroatoms. The van der Waals surface area contributed by atoms with Crippen molar-refractivity contribution in [1.82, 2.24) is 4.90 Å². The monoisotopic (exact) mass is 349 g/mol. The van der Waals surface area contributed by atoms with Gasteiger partial charge in [0.15, 0.2) is 5.60 Å². The van der Waals surface area contributed by atoms with E-state index in [-0.39, 0.29) is 24.2 Å². The molecule has 132 valence electrons. The fraction of sp³-hybridized carbons (Fsp3) is 0.438. The molecule has 1 aromatic rings. The van der Waals surface area contributed by atoms with Crippen LogP contribution in [0, 0.1) is 11.6 Å². The number of hydrogen-bond acceptors (Lipinski definition) is 2. The molecular weight excluding hydrogens is 333 g/mol. The molecule has 1 aromatic carbocycles. The van der Waals surface area contributed by atoms with Crippen LogP contribution in [0.3, 0.4) is 0 Å². The van der Waals surface area contributed by atoms with Crippen molar-refractivity contribution in [3.05, 3.63) is 41.5 Å². The van der Waals surface area contributed by atoms with Gasteiger partial charge in [-0.2, -0.15) is 13.2 Å². The van der Waals surface area contributed by atoms with E-state index in [4.69, 9.17) is 0 Å². The van der Waals surface area contributed by atoms with E-state index in [1.807, 2.05) is 0 Å². The summed E-state index contributed by atoms with van der Waals surface area (Å²) in [5, 5.41) is 9.57. The number of aliphatic hydroxyl groups is 1. The molecule has 1 saturated heterocycles. The van der Waals surface area contributed by atoms with Gasteiger partial charge in [0.05, 0.1) is 0 Å². The third kappa shape index (κ3) is 3.75. The van der Waals surface area contributed by atoms with Gasteiger partial charge in [0.1, 0.15) is 11.6 Å². The zero-order chi connectivity index (χ0) is 18.1. The average Bonchev–Trinajstić information content (AvgIpc) is 2.46. The second-order valence-corrected chi connectivity index (χ2v) is 5.81. The fourth-order valence-electron chi connectivity index (χ4n) is 2.54. The quantitative estimate of drug-likeness (QED) is 0.658. The third-order valence-electron chi connectivity index (χ3n) is 4.13. The van der Waals surface area contributed by atoms with Crippen molar-refractivity contribution in [2.45, 2.75) is 31.5 Å². The highest BCUT2D eigenvalue weighted by Gasteiger charge is 2.54. The SMILES string of the molecule is C/C(=C/C(=O)N1CCC(O)(C(F)(F)F)CC1)c1ccc(F)cc1F. The first-order chi connectivity index (χ1) is 11.0. The van der Waals surface area contributed by atoms with E-state index < -0.39 is 42.2 Å². The molecule has 1 aliphatic heterocycles. The van der Waals surface area contributed by atoms with Crippen molar-refractivity contribution in [2.75, 3.05) is 13.1 Å². The van der Waals surface area contributed by atoms with Crippen molar-refractivity contribution in [3.63, 3.8) is 0 Å². The average molecular weight is 349 g/mol. The van der Waals surface area contributed by atoms with Crippen LogP contribution in [-0.4, -0.2) is 40.8 Å². The number of carbonyl (C=O) groups is 1. The van der Waals surface area contributed by atoms with E-state index >= 15 is 0 Å². The van der Waals surface area contributed by atoms with E-state index in [0.29, 0.717) is 6.07 Å². The fourth-order valence-corrected chi connectivity index (χ4v) is 2.54. The minimum Gasteiger partial charge on any atom is -0.380 e. The van der Waals surface area contributed by atoms with Crippen molar-refractivity contribution in [1.29, 1.82) is 0 Å². The summed E-state index contributed by atoms with van der Waals surface area (Å²) in [5.41, 5.74) is -2.52. The largest absolute Gasteiger partial charge is 0.417 e. The second-order valence-electron chi connectivity index (χ2n) is 5.81. The molecule has 0 bridgehead atoms. The van der Waals surface area contributed by atoms with Gasteiger partial charge in [-0.3, -0.25) is 4.79 Å². The maximum Gasteiger partial charge on any atom is 0.417 e. The van der Waals surface area contributed by atoms with Gasteiger partial charge in [-0.1, -0.05) is 0 Å². The summed E-state index contributed by atoms with van der Waals surface area (Å²) < 4.78 is 64.7. The standard InChI is InChI=1S/C16H16F5NO2/c1-10(12-3-2-11(17)9-13(12)18)8-14(23)22-6-4-15(24,5-7-22)16(19,20)21/h2-3,8-9,24H,4-7H2,1H3/b10-8-. The molecule has 0 saturated carbocycles. The normalized spacial score (nSPS) is 18.6. The number of alkyl halides is 3. The maximum absolute atomic E-state index is 13.7. The van der Waals surface area contributed by atoms with Crippen LogP contribution in [-0.2, 0) is 4.79 Å². The van der Waals surface area contributed by atoms with Crippen LogP contribution in [0.1, 0.15) is 25.3 Å². The Balaban J connectivity index is 2.08. The number of amides is 1. The van der Waals surface area contributed by atoms with Crippen LogP contribution < -0.4 is 0 Å². The Morgan fingerprint density at radius 2 is 1.83 bits per heavy atom. The lowest BCUT2D eigenvalue weighted by molar-refractivity contribution is -0.271. The van der Waals surface area contributed by atoms with E-state index in [2.05, 4.69) is 0 Å². The summed E-state index contributed by atoms with van der Waals surface area (Å²) >= 11 is 0. The smallest absolute Gasteiger partial charge is 0.380 e. The number of halogens is 5. The van der Waals surface area contributed by atoms with Crippen molar-refractivity contribution in [3.8, 4) is 0 Å². The summed E-state index contributed by atoms with van der Waals surface area (Å²) in [7, 11) is 0. The Hall–Kier alpha value is -1.96. The van der Waals surface area contributed by atoms with Gasteiger partial charge < -0.3 is 10.0 Å². The molecule has 24 heavy (non-hydrogen) atoms. The van der Waals surface area contributed by atoms with E-state index in [1.54, 1.807) is 0 Å². The Bertz CT molecular complexity index is 661. The summed E-state index contributed by atoms with van der Waals surface area (Å²) in [6.45, 7) is 0.930. The molecule has 0 aliphatic carbocycles. The molecule has 1 amide bonds. The highest BCUT2D eigenvalue weighted by Crippen LogP contribution is 2.38. The van der Waals surface area contributed by atoms with Gasteiger partial charge in [-0.15, -0.1) is 0 Å². The lowest BCUT2D eigenvalue weighted by Gasteiger charge is -2.38. The van der Waals surface area contributed by atoms with Gasteiger partial charge in [0.2, 0.25) is 5.91 Å². The van der Waals surface area contributed by atoms with Crippen molar-refractivity contribution >= 4 is 11.5 Å². The maximum atomic E-state index is 13.7. The Morgan fingerprint density at radius 1 is 1.25 bits per heavy atom. The van der Waals surface area contributed by atoms with Crippen LogP contribution in [0.25, 0.3) is 5.57 Å². The minimum atomic E-state index is -4.74. The molecule has 1 heterocycles. The lowest BCUT2D eigenvalue weighted by atomic mass is 9.90. The number of hydrogen-bond donors (Lipinski definition) is 1. The van der Waals surface area contributed by atoms with E-state index in [1.165, 1.54) is 13.0 Å². The summed E-state index contributed by atoms with van der Waals surface area (Å²) in [5.74, 6) is -2.17. The summed E-state index contributed by atoms with van der Waals surface area (Å²) in [6.07, 6.45) is -4.88. The first-order valence-corrected chi connectivity index (χ1v) is 7.25. The van der Waals surface area contributed by atoms with E-state index in [0.717, 1.165) is 17.0 Å². The van der Waals surface area contributed by atoms with Crippen LogP contribution >= 0.6 is 0 Å². The molecule has 0 unspecified atom stereocenters. The van der Waals surface area contributed by atoms with Crippen molar-refractivity contribution < 1.29 is 31.9 Å². The molecule has 1 fully saturated rings. The van der Waals surface area contributed by atoms with Gasteiger partial charge in [-0.25, -0.2) is 8.78 Å². The first-order valence-electron chi connectivity index (χ1n) is 7.25. The number of nitrogens with zero attached hydrogens (tertiary/aromatic N) is 1. The molecule has 2 rings (SSSR count). The lowest BCUT2D eigenvalue weighted by Crippen LogP contribution is -2.54. The first kappa shape index (κ1) is 18.4. The molecule has 0 radical (unpaired) electrons. The number of likely N-dealkylation sites (tertiary alicyclic amines) is 1. The van der Waals surface area contributed by atoms with Crippen LogP contribution in [0.15, 0.2) is 24.3 Å². The number of benzene rings is 1. The van der Waals surface area contributed by atoms with Crippen LogP contribution in [0.4, 0.5) is 22.0 Å². The van der Waals surface area contributed by atoms with Crippen molar-refractivity contribution in [2.24, 2.45) is 0 Å². The molecule has 0 aromatic heterocycles. The number of carbonyl (C=O) groups excluding carboxylic acids is 1. The van der Waals surface area contributed by atoms with Gasteiger partial charge in [0.25, 0.3) is 0 Å². The third-order valence-corrected chi connectivity index (χ3v) is 4.13. The minimum absolute atomic E-state index is 0.0357. The van der Waals surface area contributed by atoms with Gasteiger partial charge >= 0.3 is 6.18 Å². The molecule has 1 N–H and O–H groups in total. The molecule has 3 nitrogen and oxygen atoms in total. The number of piperidine rings is 1. The Labute approximate surface area is 135 Å². The highest BCUT2D eigenvalue weighted by atomic mass is 19.4. The molecular formula is C16H16F5NO2. The predicted octanol–water partition coefficient (Wildman–Crippen LogP) is 3.28. The molecule has 0 spiro atoms. The predicted molar refractivity (Wildman–Crippen MR) is 76.8 cm³/mol. The van der Waals surface area contributed by atoms with Crippen LogP contribution in [0.2, 0.25) is 0 Å². The van der Waals surface area contributed by atoms with Gasteiger partial charge in [-0.05, 0) is 24.6 Å². The zero-order valence-electron chi connectivity index (χ0n) is 12.8. The second kappa shape index (κ2) is 6.51. The van der Waals surface area contributed by atoms with Crippen LogP contribution in [0.5, 0.6) is 0 Å². The number of rotatable bonds is 2. The molecule has 1 aliphatic rings. The summed E-state index contributed by atoms with van der Waals surface area (Å²) in [4.78, 5) is 13.3. The van der Waals surface area contributed by atoms with Gasteiger partial charge in [0, 0.05) is 43.6 Å². The Kier molecular flexibility index (Phi) is 4.98. The highest BCUT2D eigenvalue weighted by molar-refractivity contribution is 5.95. The number of allylic oxidation sites excluding steroid dienone is 1. The topological polar surface area (TPSA) is 40.5 Å².